The first-order valence-electron chi connectivity index (χ1n) is 5.27. The van der Waals surface area contributed by atoms with Gasteiger partial charge in [-0.3, -0.25) is 0 Å². The lowest BCUT2D eigenvalue weighted by atomic mass is 10.0. The second kappa shape index (κ2) is 5.01. The highest BCUT2D eigenvalue weighted by molar-refractivity contribution is 6.31. The van der Waals surface area contributed by atoms with Crippen molar-refractivity contribution in [2.45, 2.75) is 6.36 Å². The van der Waals surface area contributed by atoms with Gasteiger partial charge in [-0.15, -0.1) is 13.2 Å². The van der Waals surface area contributed by atoms with Gasteiger partial charge in [0.05, 0.1) is 0 Å². The van der Waals surface area contributed by atoms with E-state index >= 15 is 0 Å². The number of alkyl halides is 3. The van der Waals surface area contributed by atoms with Crippen molar-refractivity contribution in [1.82, 2.24) is 0 Å². The molecule has 0 aliphatic rings. The van der Waals surface area contributed by atoms with Crippen LogP contribution in [0.5, 0.6) is 5.75 Å². The lowest BCUT2D eigenvalue weighted by Crippen LogP contribution is -2.17. The summed E-state index contributed by atoms with van der Waals surface area (Å²) in [6.45, 7) is 0. The Morgan fingerprint density at radius 1 is 1.00 bits per heavy atom. The van der Waals surface area contributed by atoms with Crippen molar-refractivity contribution in [1.29, 1.82) is 0 Å². The van der Waals surface area contributed by atoms with E-state index in [9.17, 15) is 13.2 Å². The Hall–Kier alpha value is -1.88. The molecule has 0 heterocycles. The van der Waals surface area contributed by atoms with Crippen LogP contribution in [0.1, 0.15) is 0 Å². The first kappa shape index (κ1) is 13.5. The number of nitrogen functional groups attached to an aromatic ring is 1. The van der Waals surface area contributed by atoms with Crippen LogP contribution >= 0.6 is 11.6 Å². The van der Waals surface area contributed by atoms with E-state index in [-0.39, 0.29) is 17.0 Å². The molecule has 2 aromatic rings. The van der Waals surface area contributed by atoms with Crippen molar-refractivity contribution in [3.05, 3.63) is 47.5 Å². The monoisotopic (exact) mass is 287 g/mol. The molecule has 0 radical (unpaired) electrons. The van der Waals surface area contributed by atoms with E-state index in [0.29, 0.717) is 10.6 Å². The molecule has 0 aromatic heterocycles. The maximum Gasteiger partial charge on any atom is 0.573 e. The molecule has 0 saturated heterocycles. The predicted molar refractivity (Wildman–Crippen MR) is 68.0 cm³/mol. The van der Waals surface area contributed by atoms with Gasteiger partial charge in [-0.25, -0.2) is 0 Å². The third-order valence-corrected chi connectivity index (χ3v) is 2.65. The lowest BCUT2D eigenvalue weighted by Gasteiger charge is -2.14. The fraction of sp³-hybridized carbons (Fsp3) is 0.0769. The summed E-state index contributed by atoms with van der Waals surface area (Å²) in [5.41, 5.74) is 6.74. The number of benzene rings is 2. The Kier molecular flexibility index (Phi) is 3.57. The van der Waals surface area contributed by atoms with Crippen molar-refractivity contribution in [3.8, 4) is 16.9 Å². The van der Waals surface area contributed by atoms with Crippen LogP contribution in [0.25, 0.3) is 11.1 Å². The number of ether oxygens (including phenoxy) is 1. The first-order chi connectivity index (χ1) is 8.87. The number of halogens is 4. The largest absolute Gasteiger partial charge is 0.573 e. The molecule has 0 saturated carbocycles. The normalized spacial score (nSPS) is 11.4. The SMILES string of the molecule is Nc1cc(Cl)ccc1-c1ccccc1OC(F)(F)F. The minimum atomic E-state index is -4.75. The first-order valence-corrected chi connectivity index (χ1v) is 5.65. The van der Waals surface area contributed by atoms with Crippen LogP contribution in [-0.4, -0.2) is 6.36 Å². The van der Waals surface area contributed by atoms with Gasteiger partial charge in [0.1, 0.15) is 5.75 Å². The summed E-state index contributed by atoms with van der Waals surface area (Å²) < 4.78 is 41.0. The molecule has 19 heavy (non-hydrogen) atoms. The van der Waals surface area contributed by atoms with Gasteiger partial charge in [0.25, 0.3) is 0 Å². The third kappa shape index (κ3) is 3.32. The second-order valence-corrected chi connectivity index (χ2v) is 4.21. The summed E-state index contributed by atoms with van der Waals surface area (Å²) in [6, 6.07) is 10.4. The predicted octanol–water partition coefficient (Wildman–Crippen LogP) is 4.49. The number of para-hydroxylation sites is 1. The Balaban J connectivity index is 2.50. The van der Waals surface area contributed by atoms with Crippen LogP contribution in [0.15, 0.2) is 42.5 Å². The van der Waals surface area contributed by atoms with Gasteiger partial charge >= 0.3 is 6.36 Å². The Labute approximate surface area is 112 Å². The van der Waals surface area contributed by atoms with E-state index in [1.165, 1.54) is 24.3 Å². The summed E-state index contributed by atoms with van der Waals surface area (Å²) in [5.74, 6) is -0.302. The third-order valence-electron chi connectivity index (χ3n) is 2.42. The Morgan fingerprint density at radius 3 is 2.32 bits per heavy atom. The molecule has 2 N–H and O–H groups in total. The van der Waals surface area contributed by atoms with Crippen molar-refractivity contribution in [2.75, 3.05) is 5.73 Å². The van der Waals surface area contributed by atoms with Crippen LogP contribution < -0.4 is 10.5 Å². The van der Waals surface area contributed by atoms with Crippen molar-refractivity contribution in [2.24, 2.45) is 0 Å². The van der Waals surface area contributed by atoms with Crippen LogP contribution in [0.2, 0.25) is 5.02 Å². The number of rotatable bonds is 2. The van der Waals surface area contributed by atoms with Gasteiger partial charge in [0.15, 0.2) is 0 Å². The highest BCUT2D eigenvalue weighted by Crippen LogP contribution is 2.37. The maximum absolute atomic E-state index is 12.3. The molecule has 2 nitrogen and oxygen atoms in total. The van der Waals surface area contributed by atoms with Crippen molar-refractivity contribution in [3.63, 3.8) is 0 Å². The summed E-state index contributed by atoms with van der Waals surface area (Å²) in [4.78, 5) is 0. The molecular weight excluding hydrogens is 279 g/mol. The fourth-order valence-electron chi connectivity index (χ4n) is 1.68. The number of nitrogens with two attached hydrogens (primary N) is 1. The van der Waals surface area contributed by atoms with Gasteiger partial charge in [0, 0.05) is 21.8 Å². The van der Waals surface area contributed by atoms with Gasteiger partial charge in [0.2, 0.25) is 0 Å². The topological polar surface area (TPSA) is 35.2 Å². The number of anilines is 1. The fourth-order valence-corrected chi connectivity index (χ4v) is 1.86. The van der Waals surface area contributed by atoms with Crippen molar-refractivity contribution < 1.29 is 17.9 Å². The minimum absolute atomic E-state index is 0.258. The molecule has 0 bridgehead atoms. The maximum atomic E-state index is 12.3. The van der Waals surface area contributed by atoms with Crippen LogP contribution in [-0.2, 0) is 0 Å². The zero-order chi connectivity index (χ0) is 14.0. The summed E-state index contributed by atoms with van der Waals surface area (Å²) >= 11 is 5.76. The molecule has 6 heteroatoms. The summed E-state index contributed by atoms with van der Waals surface area (Å²) in [5, 5.41) is 0.412. The Bertz CT molecular complexity index is 599. The van der Waals surface area contributed by atoms with E-state index in [0.717, 1.165) is 0 Å². The van der Waals surface area contributed by atoms with Crippen LogP contribution in [0.4, 0.5) is 18.9 Å². The molecule has 0 fully saturated rings. The van der Waals surface area contributed by atoms with Gasteiger partial charge in [-0.05, 0) is 18.2 Å². The van der Waals surface area contributed by atoms with E-state index in [2.05, 4.69) is 4.74 Å². The number of hydrogen-bond donors (Lipinski definition) is 1. The molecule has 100 valence electrons. The summed E-state index contributed by atoms with van der Waals surface area (Å²) in [6.07, 6.45) is -4.75. The standard InChI is InChI=1S/C13H9ClF3NO/c14-8-5-6-9(11(18)7-8)10-3-1-2-4-12(10)19-13(15,16)17/h1-7H,18H2. The van der Waals surface area contributed by atoms with E-state index < -0.39 is 6.36 Å². The highest BCUT2D eigenvalue weighted by atomic mass is 35.5. The molecule has 0 amide bonds. The van der Waals surface area contributed by atoms with E-state index in [4.69, 9.17) is 17.3 Å². The van der Waals surface area contributed by atoms with Gasteiger partial charge < -0.3 is 10.5 Å². The zero-order valence-electron chi connectivity index (χ0n) is 9.54. The smallest absolute Gasteiger partial charge is 0.405 e. The van der Waals surface area contributed by atoms with Crippen LogP contribution in [0, 0.1) is 0 Å². The van der Waals surface area contributed by atoms with Gasteiger partial charge in [-0.1, -0.05) is 35.9 Å². The minimum Gasteiger partial charge on any atom is -0.405 e. The summed E-state index contributed by atoms with van der Waals surface area (Å²) in [7, 11) is 0. The quantitative estimate of drug-likeness (QED) is 0.826. The Morgan fingerprint density at radius 2 is 1.68 bits per heavy atom. The number of hydrogen-bond acceptors (Lipinski definition) is 2. The molecule has 2 aromatic carbocycles. The molecule has 0 aliphatic heterocycles. The molecular formula is C13H9ClF3NO. The van der Waals surface area contributed by atoms with Gasteiger partial charge in [-0.2, -0.15) is 0 Å². The molecule has 2 rings (SSSR count). The van der Waals surface area contributed by atoms with Crippen molar-refractivity contribution >= 4 is 17.3 Å². The van der Waals surface area contributed by atoms with E-state index in [1.54, 1.807) is 18.2 Å². The van der Waals surface area contributed by atoms with E-state index in [1.807, 2.05) is 0 Å². The second-order valence-electron chi connectivity index (χ2n) is 3.78. The zero-order valence-corrected chi connectivity index (χ0v) is 10.3. The molecule has 0 spiro atoms. The van der Waals surface area contributed by atoms with Crippen LogP contribution in [0.3, 0.4) is 0 Å². The molecule has 0 aliphatic carbocycles. The highest BCUT2D eigenvalue weighted by Gasteiger charge is 2.32. The molecule has 0 unspecified atom stereocenters. The molecule has 0 atom stereocenters. The average molecular weight is 288 g/mol. The average Bonchev–Trinajstić information content (AvgIpc) is 2.28. The lowest BCUT2D eigenvalue weighted by molar-refractivity contribution is -0.274.